The first-order valence-corrected chi connectivity index (χ1v) is 7.02. The van der Waals surface area contributed by atoms with Crippen LogP contribution in [0, 0.1) is 5.82 Å². The van der Waals surface area contributed by atoms with Gasteiger partial charge < -0.3 is 10.6 Å². The van der Waals surface area contributed by atoms with Crippen molar-refractivity contribution in [3.05, 3.63) is 29.8 Å². The van der Waals surface area contributed by atoms with E-state index in [1.165, 1.54) is 12.6 Å². The van der Waals surface area contributed by atoms with Gasteiger partial charge in [-0.15, -0.1) is 0 Å². The minimum atomic E-state index is -0.252. The Bertz CT molecular complexity index is 377. The summed E-state index contributed by atoms with van der Waals surface area (Å²) in [4.78, 5) is 8.73. The molecule has 0 radical (unpaired) electrons. The second kappa shape index (κ2) is 7.53. The van der Waals surface area contributed by atoms with Gasteiger partial charge in [0.15, 0.2) is 0 Å². The standard InChI is InChI=1S/C14H23FN4/c15-14-9-13(10-17-11-14)12-19-7-5-18(6-8-19)4-2-1-3-16/h9-11H,1-8,12,16H2. The van der Waals surface area contributed by atoms with Crippen LogP contribution in [0.25, 0.3) is 0 Å². The van der Waals surface area contributed by atoms with Gasteiger partial charge in [-0.3, -0.25) is 9.88 Å². The lowest BCUT2D eigenvalue weighted by Gasteiger charge is -2.34. The molecular weight excluding hydrogens is 243 g/mol. The SMILES string of the molecule is NCCCCN1CCN(Cc2cncc(F)c2)CC1. The Hall–Kier alpha value is -1.04. The number of piperazine rings is 1. The summed E-state index contributed by atoms with van der Waals surface area (Å²) < 4.78 is 13.1. The summed E-state index contributed by atoms with van der Waals surface area (Å²) >= 11 is 0. The molecule has 19 heavy (non-hydrogen) atoms. The van der Waals surface area contributed by atoms with E-state index < -0.39 is 0 Å². The molecule has 0 atom stereocenters. The Morgan fingerprint density at radius 3 is 2.53 bits per heavy atom. The van der Waals surface area contributed by atoms with Gasteiger partial charge in [0.1, 0.15) is 5.82 Å². The van der Waals surface area contributed by atoms with Crippen molar-refractivity contribution in [3.8, 4) is 0 Å². The smallest absolute Gasteiger partial charge is 0.141 e. The molecule has 4 nitrogen and oxygen atoms in total. The normalized spacial score (nSPS) is 17.8. The second-order valence-electron chi connectivity index (χ2n) is 5.12. The van der Waals surface area contributed by atoms with Crippen LogP contribution >= 0.6 is 0 Å². The maximum absolute atomic E-state index is 13.1. The number of unbranched alkanes of at least 4 members (excludes halogenated alkanes) is 1. The highest BCUT2D eigenvalue weighted by atomic mass is 19.1. The van der Waals surface area contributed by atoms with E-state index >= 15 is 0 Å². The summed E-state index contributed by atoms with van der Waals surface area (Å²) in [5, 5.41) is 0. The number of nitrogens with two attached hydrogens (primary N) is 1. The zero-order valence-corrected chi connectivity index (χ0v) is 11.4. The number of rotatable bonds is 6. The molecule has 0 aliphatic carbocycles. The molecule has 2 heterocycles. The summed E-state index contributed by atoms with van der Waals surface area (Å²) in [6, 6.07) is 1.57. The number of hydrogen-bond donors (Lipinski definition) is 1. The largest absolute Gasteiger partial charge is 0.330 e. The van der Waals surface area contributed by atoms with E-state index in [0.29, 0.717) is 0 Å². The molecule has 0 bridgehead atoms. The van der Waals surface area contributed by atoms with Crippen LogP contribution in [0.5, 0.6) is 0 Å². The van der Waals surface area contributed by atoms with Crippen molar-refractivity contribution in [1.82, 2.24) is 14.8 Å². The molecule has 0 spiro atoms. The fourth-order valence-electron chi connectivity index (χ4n) is 2.45. The monoisotopic (exact) mass is 266 g/mol. The van der Waals surface area contributed by atoms with Crippen LogP contribution in [0.1, 0.15) is 18.4 Å². The number of hydrogen-bond acceptors (Lipinski definition) is 4. The van der Waals surface area contributed by atoms with Crippen LogP contribution in [0.15, 0.2) is 18.5 Å². The average Bonchev–Trinajstić information content (AvgIpc) is 2.41. The highest BCUT2D eigenvalue weighted by Crippen LogP contribution is 2.09. The second-order valence-corrected chi connectivity index (χ2v) is 5.12. The predicted molar refractivity (Wildman–Crippen MR) is 74.2 cm³/mol. The minimum absolute atomic E-state index is 0.252. The van der Waals surface area contributed by atoms with E-state index in [-0.39, 0.29) is 5.82 Å². The highest BCUT2D eigenvalue weighted by molar-refractivity contribution is 5.10. The van der Waals surface area contributed by atoms with E-state index in [0.717, 1.165) is 57.8 Å². The van der Waals surface area contributed by atoms with Crippen molar-refractivity contribution in [2.24, 2.45) is 5.73 Å². The third kappa shape index (κ3) is 4.86. The molecule has 1 aliphatic heterocycles. The first-order valence-electron chi connectivity index (χ1n) is 7.02. The van der Waals surface area contributed by atoms with E-state index in [9.17, 15) is 4.39 Å². The molecule has 1 aromatic heterocycles. The van der Waals surface area contributed by atoms with Crippen LogP contribution in [0.2, 0.25) is 0 Å². The zero-order chi connectivity index (χ0) is 13.5. The van der Waals surface area contributed by atoms with Crippen molar-refractivity contribution in [2.45, 2.75) is 19.4 Å². The van der Waals surface area contributed by atoms with Gasteiger partial charge in [-0.05, 0) is 37.6 Å². The van der Waals surface area contributed by atoms with Gasteiger partial charge >= 0.3 is 0 Å². The van der Waals surface area contributed by atoms with Gasteiger partial charge in [0.05, 0.1) is 6.20 Å². The van der Waals surface area contributed by atoms with E-state index in [1.807, 2.05) is 0 Å². The van der Waals surface area contributed by atoms with Crippen molar-refractivity contribution in [1.29, 1.82) is 0 Å². The molecule has 2 rings (SSSR count). The van der Waals surface area contributed by atoms with Gasteiger partial charge in [-0.25, -0.2) is 4.39 Å². The molecule has 1 aromatic rings. The third-order valence-electron chi connectivity index (χ3n) is 3.56. The summed E-state index contributed by atoms with van der Waals surface area (Å²) in [6.07, 6.45) is 5.29. The van der Waals surface area contributed by atoms with Crippen LogP contribution in [0.4, 0.5) is 4.39 Å². The Morgan fingerprint density at radius 2 is 1.84 bits per heavy atom. The Balaban J connectivity index is 1.71. The number of halogens is 1. The summed E-state index contributed by atoms with van der Waals surface area (Å²) in [5.41, 5.74) is 6.46. The third-order valence-corrected chi connectivity index (χ3v) is 3.56. The van der Waals surface area contributed by atoms with Crippen LogP contribution in [0.3, 0.4) is 0 Å². The van der Waals surface area contributed by atoms with Crippen molar-refractivity contribution < 1.29 is 4.39 Å². The molecule has 2 N–H and O–H groups in total. The summed E-state index contributed by atoms with van der Waals surface area (Å²) in [7, 11) is 0. The van der Waals surface area contributed by atoms with E-state index in [1.54, 1.807) is 12.3 Å². The van der Waals surface area contributed by atoms with Gasteiger partial charge in [-0.2, -0.15) is 0 Å². The number of pyridine rings is 1. The van der Waals surface area contributed by atoms with E-state index in [2.05, 4.69) is 14.8 Å². The molecule has 0 saturated carbocycles. The predicted octanol–water partition coefficient (Wildman–Crippen LogP) is 1.08. The number of aromatic nitrogens is 1. The molecule has 5 heteroatoms. The Kier molecular flexibility index (Phi) is 5.69. The Morgan fingerprint density at radius 1 is 1.11 bits per heavy atom. The maximum Gasteiger partial charge on any atom is 0.141 e. The molecular formula is C14H23FN4. The minimum Gasteiger partial charge on any atom is -0.330 e. The molecule has 1 saturated heterocycles. The Labute approximate surface area is 114 Å². The fourth-order valence-corrected chi connectivity index (χ4v) is 2.45. The molecule has 0 unspecified atom stereocenters. The summed E-state index contributed by atoms with van der Waals surface area (Å²) in [5.74, 6) is -0.252. The van der Waals surface area contributed by atoms with Gasteiger partial charge in [0.25, 0.3) is 0 Å². The molecule has 106 valence electrons. The van der Waals surface area contributed by atoms with Crippen LogP contribution < -0.4 is 5.73 Å². The summed E-state index contributed by atoms with van der Waals surface area (Å²) in [6.45, 7) is 6.99. The number of nitrogens with zero attached hydrogens (tertiary/aromatic N) is 3. The maximum atomic E-state index is 13.1. The first kappa shape index (κ1) is 14.4. The molecule has 0 aromatic carbocycles. The lowest BCUT2D eigenvalue weighted by molar-refractivity contribution is 0.125. The van der Waals surface area contributed by atoms with Crippen LogP contribution in [-0.2, 0) is 6.54 Å². The fraction of sp³-hybridized carbons (Fsp3) is 0.643. The molecule has 1 aliphatic rings. The van der Waals surface area contributed by atoms with Crippen molar-refractivity contribution >= 4 is 0 Å². The molecule has 0 amide bonds. The van der Waals surface area contributed by atoms with Crippen LogP contribution in [-0.4, -0.2) is 54.1 Å². The lowest BCUT2D eigenvalue weighted by Crippen LogP contribution is -2.46. The van der Waals surface area contributed by atoms with Gasteiger partial charge in [-0.1, -0.05) is 0 Å². The van der Waals surface area contributed by atoms with Crippen molar-refractivity contribution in [3.63, 3.8) is 0 Å². The average molecular weight is 266 g/mol. The highest BCUT2D eigenvalue weighted by Gasteiger charge is 2.16. The van der Waals surface area contributed by atoms with E-state index in [4.69, 9.17) is 5.73 Å². The quantitative estimate of drug-likeness (QED) is 0.783. The topological polar surface area (TPSA) is 45.4 Å². The van der Waals surface area contributed by atoms with Crippen molar-refractivity contribution in [2.75, 3.05) is 39.3 Å². The first-order chi connectivity index (χ1) is 9.28. The van der Waals surface area contributed by atoms with Gasteiger partial charge in [0.2, 0.25) is 0 Å². The lowest BCUT2D eigenvalue weighted by atomic mass is 10.2. The zero-order valence-electron chi connectivity index (χ0n) is 11.4. The molecule has 1 fully saturated rings. The van der Waals surface area contributed by atoms with Gasteiger partial charge in [0, 0.05) is 38.9 Å².